The van der Waals surface area contributed by atoms with Crippen LogP contribution in [0.5, 0.6) is 0 Å². The topological polar surface area (TPSA) is 90.0 Å². The first-order valence-corrected chi connectivity index (χ1v) is 12.4. The molecule has 2 amide bonds. The van der Waals surface area contributed by atoms with Gasteiger partial charge in [0.05, 0.1) is 10.0 Å². The summed E-state index contributed by atoms with van der Waals surface area (Å²) in [4.78, 5) is 42.4. The first-order valence-electron chi connectivity index (χ1n) is 11.6. The Morgan fingerprint density at radius 1 is 1.18 bits per heavy atom. The molecule has 3 fully saturated rings. The van der Waals surface area contributed by atoms with Crippen LogP contribution in [0.1, 0.15) is 51.0 Å². The quantitative estimate of drug-likeness (QED) is 0.621. The van der Waals surface area contributed by atoms with Gasteiger partial charge >= 0.3 is 6.09 Å². The van der Waals surface area contributed by atoms with E-state index in [1.165, 1.54) is 4.90 Å². The molecule has 3 aliphatic rings. The van der Waals surface area contributed by atoms with Gasteiger partial charge < -0.3 is 15.3 Å². The lowest BCUT2D eigenvalue weighted by Crippen LogP contribution is -2.63. The molecule has 2 saturated heterocycles. The summed E-state index contributed by atoms with van der Waals surface area (Å²) in [5.74, 6) is -0.585. The van der Waals surface area contributed by atoms with Crippen LogP contribution in [0.2, 0.25) is 10.0 Å². The summed E-state index contributed by atoms with van der Waals surface area (Å²) in [6.07, 6.45) is 1.83. The minimum absolute atomic E-state index is 0.0717. The summed E-state index contributed by atoms with van der Waals surface area (Å²) in [7, 11) is 0. The number of Topliss-reactive ketones (excluding diaryl/α,β-unsaturated/α-hetero) is 1. The number of hydrogen-bond donors (Lipinski definition) is 2. The Kier molecular flexibility index (Phi) is 6.69. The predicted molar refractivity (Wildman–Crippen MR) is 127 cm³/mol. The van der Waals surface area contributed by atoms with Gasteiger partial charge in [-0.15, -0.1) is 0 Å². The third-order valence-electron chi connectivity index (χ3n) is 7.79. The largest absolute Gasteiger partial charge is 0.465 e. The van der Waals surface area contributed by atoms with E-state index in [4.69, 9.17) is 23.2 Å². The van der Waals surface area contributed by atoms with Gasteiger partial charge in [-0.3, -0.25) is 14.5 Å². The van der Waals surface area contributed by atoms with Gasteiger partial charge in [0, 0.05) is 50.0 Å². The van der Waals surface area contributed by atoms with Crippen molar-refractivity contribution in [1.82, 2.24) is 15.1 Å². The number of carboxylic acid groups (broad SMARTS) is 1. The third-order valence-corrected chi connectivity index (χ3v) is 8.53. The number of hydrogen-bond acceptors (Lipinski definition) is 4. The van der Waals surface area contributed by atoms with Gasteiger partial charge in [-0.2, -0.15) is 0 Å². The zero-order valence-electron chi connectivity index (χ0n) is 19.1. The summed E-state index contributed by atoms with van der Waals surface area (Å²) >= 11 is 12.4. The lowest BCUT2D eigenvalue weighted by molar-refractivity contribution is -0.142. The molecule has 0 aromatic heterocycles. The average Bonchev–Trinajstić information content (AvgIpc) is 3.40. The maximum atomic E-state index is 14.1. The monoisotopic (exact) mass is 495 g/mol. The molecule has 1 aromatic rings. The number of benzene rings is 1. The van der Waals surface area contributed by atoms with E-state index in [1.807, 2.05) is 17.9 Å². The van der Waals surface area contributed by atoms with Crippen molar-refractivity contribution in [2.24, 2.45) is 11.3 Å². The average molecular weight is 496 g/mol. The highest BCUT2D eigenvalue weighted by Crippen LogP contribution is 2.47. The Hall–Kier alpha value is -1.83. The number of rotatable bonds is 6. The van der Waals surface area contributed by atoms with Crippen molar-refractivity contribution < 1.29 is 19.5 Å². The first kappa shape index (κ1) is 24.3. The van der Waals surface area contributed by atoms with Gasteiger partial charge in [0.2, 0.25) is 5.91 Å². The molecular formula is C24H31Cl2N3O4. The van der Waals surface area contributed by atoms with Crippen LogP contribution in [-0.4, -0.2) is 71.0 Å². The van der Waals surface area contributed by atoms with Gasteiger partial charge in [-0.1, -0.05) is 36.2 Å². The minimum Gasteiger partial charge on any atom is -0.465 e. The summed E-state index contributed by atoms with van der Waals surface area (Å²) < 4.78 is 0. The van der Waals surface area contributed by atoms with Gasteiger partial charge in [-0.05, 0) is 50.3 Å². The normalized spacial score (nSPS) is 26.8. The minimum atomic E-state index is -1.24. The zero-order valence-corrected chi connectivity index (χ0v) is 20.6. The van der Waals surface area contributed by atoms with E-state index in [1.54, 1.807) is 19.1 Å². The summed E-state index contributed by atoms with van der Waals surface area (Å²) in [6, 6.07) is 5.24. The smallest absolute Gasteiger partial charge is 0.408 e. The van der Waals surface area contributed by atoms with Crippen molar-refractivity contribution in [2.75, 3.05) is 32.7 Å². The van der Waals surface area contributed by atoms with E-state index in [2.05, 4.69) is 5.32 Å². The number of carbonyl (C=O) groups excluding carboxylic acids is 2. The van der Waals surface area contributed by atoms with Crippen molar-refractivity contribution in [3.63, 3.8) is 0 Å². The Bertz CT molecular complexity index is 959. The fourth-order valence-electron chi connectivity index (χ4n) is 5.57. The van der Waals surface area contributed by atoms with Crippen LogP contribution >= 0.6 is 23.2 Å². The van der Waals surface area contributed by atoms with Crippen LogP contribution in [-0.2, 0) is 9.59 Å². The molecule has 2 N–H and O–H groups in total. The van der Waals surface area contributed by atoms with Crippen LogP contribution in [0.15, 0.2) is 18.2 Å². The molecule has 0 radical (unpaired) electrons. The molecule has 0 unspecified atom stereocenters. The molecule has 180 valence electrons. The summed E-state index contributed by atoms with van der Waals surface area (Å²) in [5, 5.41) is 14.1. The third kappa shape index (κ3) is 4.24. The van der Waals surface area contributed by atoms with E-state index in [0.29, 0.717) is 42.5 Å². The van der Waals surface area contributed by atoms with Crippen molar-refractivity contribution in [2.45, 2.75) is 51.0 Å². The Morgan fingerprint density at radius 3 is 2.39 bits per heavy atom. The number of carbonyl (C=O) groups is 3. The van der Waals surface area contributed by atoms with Gasteiger partial charge in [0.25, 0.3) is 0 Å². The Morgan fingerprint density at radius 2 is 1.85 bits per heavy atom. The van der Waals surface area contributed by atoms with E-state index >= 15 is 0 Å². The highest BCUT2D eigenvalue weighted by Gasteiger charge is 2.57. The first-order chi connectivity index (χ1) is 15.6. The second kappa shape index (κ2) is 9.08. The molecule has 2 atom stereocenters. The van der Waals surface area contributed by atoms with Crippen LogP contribution in [0.25, 0.3) is 0 Å². The van der Waals surface area contributed by atoms with E-state index in [0.717, 1.165) is 18.4 Å². The fourth-order valence-corrected chi connectivity index (χ4v) is 5.87. The highest BCUT2D eigenvalue weighted by atomic mass is 35.5. The standard InChI is InChI=1S/C24H31Cl2N3O4/c1-3-29(22(32)33)24(14-27-13-17(24)16-4-5-18(25)19(26)12-16)20(30)15-6-10-28(11-7-15)21(31)23(2)8-9-23/h4-5,12,15,17,27H,3,6-11,13-14H2,1-2H3,(H,32,33)/t17-,24+/m0/s1. The van der Waals surface area contributed by atoms with Crippen molar-refractivity contribution >= 4 is 41.0 Å². The molecule has 2 heterocycles. The number of piperidine rings is 1. The summed E-state index contributed by atoms with van der Waals surface area (Å²) in [6.45, 7) is 5.72. The van der Waals surface area contributed by atoms with Gasteiger partial charge in [0.15, 0.2) is 5.78 Å². The highest BCUT2D eigenvalue weighted by molar-refractivity contribution is 6.42. The molecule has 33 heavy (non-hydrogen) atoms. The molecule has 2 aliphatic heterocycles. The number of amides is 2. The molecule has 7 nitrogen and oxygen atoms in total. The number of likely N-dealkylation sites (tertiary alicyclic amines) is 1. The second-order valence-electron chi connectivity index (χ2n) is 9.80. The number of nitrogens with zero attached hydrogens (tertiary/aromatic N) is 2. The summed E-state index contributed by atoms with van der Waals surface area (Å²) in [5.41, 5.74) is -0.678. The number of halogens is 2. The van der Waals surface area contributed by atoms with Crippen LogP contribution in [0, 0.1) is 11.3 Å². The Labute approximate surface area is 204 Å². The number of ketones is 1. The fraction of sp³-hybridized carbons (Fsp3) is 0.625. The number of likely N-dealkylation sites (N-methyl/N-ethyl adjacent to an activating group) is 1. The van der Waals surface area contributed by atoms with Crippen molar-refractivity contribution in [3.05, 3.63) is 33.8 Å². The molecule has 0 bridgehead atoms. The Balaban J connectivity index is 1.63. The zero-order chi connectivity index (χ0) is 24.0. The maximum absolute atomic E-state index is 14.1. The van der Waals surface area contributed by atoms with Gasteiger partial charge in [0.1, 0.15) is 5.54 Å². The van der Waals surface area contributed by atoms with Crippen LogP contribution in [0.4, 0.5) is 4.79 Å². The van der Waals surface area contributed by atoms with Crippen molar-refractivity contribution in [1.29, 1.82) is 0 Å². The lowest BCUT2D eigenvalue weighted by Gasteiger charge is -2.45. The molecular weight excluding hydrogens is 465 g/mol. The van der Waals surface area contributed by atoms with Crippen molar-refractivity contribution in [3.8, 4) is 0 Å². The van der Waals surface area contributed by atoms with Crippen LogP contribution in [0.3, 0.4) is 0 Å². The predicted octanol–water partition coefficient (Wildman–Crippen LogP) is 4.03. The van der Waals surface area contributed by atoms with Crippen LogP contribution < -0.4 is 5.32 Å². The second-order valence-corrected chi connectivity index (χ2v) is 10.6. The molecule has 1 aliphatic carbocycles. The molecule has 9 heteroatoms. The van der Waals surface area contributed by atoms with E-state index in [9.17, 15) is 19.5 Å². The maximum Gasteiger partial charge on any atom is 0.408 e. The lowest BCUT2D eigenvalue weighted by atomic mass is 9.71. The van der Waals surface area contributed by atoms with Gasteiger partial charge in [-0.25, -0.2) is 4.79 Å². The van der Waals surface area contributed by atoms with E-state index in [-0.39, 0.29) is 42.0 Å². The molecule has 1 aromatic carbocycles. The van der Waals surface area contributed by atoms with E-state index < -0.39 is 11.6 Å². The SMILES string of the molecule is CCN(C(=O)O)[C@]1(C(=O)C2CCN(C(=O)C3(C)CC3)CC2)CNC[C@H]1c1ccc(Cl)c(Cl)c1. The molecule has 1 saturated carbocycles. The molecule has 4 rings (SSSR count). The molecule has 0 spiro atoms. The number of nitrogens with one attached hydrogen (secondary N) is 1.